The van der Waals surface area contributed by atoms with Crippen LogP contribution in [-0.2, 0) is 11.8 Å². The van der Waals surface area contributed by atoms with Gasteiger partial charge in [-0.1, -0.05) is 0 Å². The summed E-state index contributed by atoms with van der Waals surface area (Å²) in [4.78, 5) is 30.3. The summed E-state index contributed by atoms with van der Waals surface area (Å²) < 4.78 is 6.59. The maximum Gasteiger partial charge on any atom is 0.409 e. The van der Waals surface area contributed by atoms with Crippen molar-refractivity contribution in [2.45, 2.75) is 44.7 Å². The van der Waals surface area contributed by atoms with Gasteiger partial charge >= 0.3 is 6.09 Å². The average molecular weight is 480 g/mol. The Labute approximate surface area is 204 Å². The maximum absolute atomic E-state index is 11.8. The summed E-state index contributed by atoms with van der Waals surface area (Å²) in [5, 5.41) is 11.1. The number of ether oxygens (including phenoxy) is 1. The Hall–Kier alpha value is -3.47. The lowest BCUT2D eigenvalue weighted by Gasteiger charge is -2.41. The lowest BCUT2D eigenvalue weighted by Crippen LogP contribution is -2.53. The quantitative estimate of drug-likeness (QED) is 0.570. The number of hydrogen-bond acceptors (Lipinski definition) is 9. The van der Waals surface area contributed by atoms with Crippen LogP contribution >= 0.6 is 0 Å². The minimum Gasteiger partial charge on any atom is -0.453 e. The van der Waals surface area contributed by atoms with Crippen molar-refractivity contribution in [1.29, 1.82) is 0 Å². The van der Waals surface area contributed by atoms with E-state index in [0.29, 0.717) is 18.0 Å². The third kappa shape index (κ3) is 5.29. The number of hydrogen-bond donors (Lipinski definition) is 2. The monoisotopic (exact) mass is 479 g/mol. The van der Waals surface area contributed by atoms with Crippen LogP contribution in [0.25, 0.3) is 11.0 Å². The van der Waals surface area contributed by atoms with E-state index >= 15 is 0 Å². The fourth-order valence-corrected chi connectivity index (χ4v) is 5.06. The lowest BCUT2D eigenvalue weighted by atomic mass is 9.89. The van der Waals surface area contributed by atoms with Gasteiger partial charge in [0.15, 0.2) is 5.82 Å². The van der Waals surface area contributed by atoms with Crippen molar-refractivity contribution in [3.05, 3.63) is 30.2 Å². The molecular formula is C24H33N9O2. The molecule has 3 aromatic rings. The molecule has 0 radical (unpaired) electrons. The number of rotatable bonds is 5. The van der Waals surface area contributed by atoms with Crippen molar-refractivity contribution >= 4 is 34.6 Å². The summed E-state index contributed by atoms with van der Waals surface area (Å²) in [5.74, 6) is 1.29. The number of carbonyl (C=O) groups is 1. The van der Waals surface area contributed by atoms with Crippen molar-refractivity contribution in [3.8, 4) is 0 Å². The Bertz CT molecular complexity index is 1180. The molecule has 1 aliphatic heterocycles. The molecule has 1 saturated heterocycles. The normalized spacial score (nSPS) is 21.2. The molecule has 3 aromatic heterocycles. The van der Waals surface area contributed by atoms with Crippen molar-refractivity contribution in [2.24, 2.45) is 7.05 Å². The van der Waals surface area contributed by atoms with Crippen LogP contribution in [0.2, 0.25) is 0 Å². The van der Waals surface area contributed by atoms with Crippen LogP contribution in [0.15, 0.2) is 24.5 Å². The second-order valence-electron chi connectivity index (χ2n) is 9.39. The fraction of sp³-hybridized carbons (Fsp3) is 0.542. The Balaban J connectivity index is 1.25. The van der Waals surface area contributed by atoms with Crippen LogP contribution in [0.3, 0.4) is 0 Å². The molecule has 1 saturated carbocycles. The van der Waals surface area contributed by atoms with Gasteiger partial charge in [-0.05, 0) is 44.7 Å². The zero-order chi connectivity index (χ0) is 24.4. The Morgan fingerprint density at radius 2 is 1.83 bits per heavy atom. The zero-order valence-corrected chi connectivity index (χ0v) is 20.6. The molecule has 0 bridgehead atoms. The Morgan fingerprint density at radius 1 is 1.06 bits per heavy atom. The summed E-state index contributed by atoms with van der Waals surface area (Å²) in [6, 6.07) is 4.84. The fourth-order valence-electron chi connectivity index (χ4n) is 5.06. The molecule has 0 aromatic carbocycles. The van der Waals surface area contributed by atoms with E-state index in [1.807, 2.05) is 32.3 Å². The average Bonchev–Trinajstić information content (AvgIpc) is 3.29. The van der Waals surface area contributed by atoms with Crippen LogP contribution in [0, 0.1) is 6.92 Å². The first kappa shape index (κ1) is 23.3. The first-order chi connectivity index (χ1) is 17.0. The van der Waals surface area contributed by atoms with Gasteiger partial charge in [0.25, 0.3) is 0 Å². The highest BCUT2D eigenvalue weighted by Crippen LogP contribution is 2.29. The van der Waals surface area contributed by atoms with Gasteiger partial charge < -0.3 is 20.3 Å². The molecule has 2 fully saturated rings. The molecular weight excluding hydrogens is 446 g/mol. The zero-order valence-electron chi connectivity index (χ0n) is 20.6. The predicted octanol–water partition coefficient (Wildman–Crippen LogP) is 2.92. The van der Waals surface area contributed by atoms with Gasteiger partial charge in [-0.3, -0.25) is 9.58 Å². The summed E-state index contributed by atoms with van der Waals surface area (Å²) in [6.07, 6.45) is 7.77. The van der Waals surface area contributed by atoms with Crippen molar-refractivity contribution in [1.82, 2.24) is 34.5 Å². The number of methoxy groups -OCH3 is 1. The van der Waals surface area contributed by atoms with Gasteiger partial charge in [0.05, 0.1) is 24.5 Å². The maximum atomic E-state index is 11.8. The smallest absolute Gasteiger partial charge is 0.409 e. The molecule has 35 heavy (non-hydrogen) atoms. The highest BCUT2D eigenvalue weighted by atomic mass is 16.5. The van der Waals surface area contributed by atoms with Crippen LogP contribution in [0.4, 0.5) is 22.2 Å². The molecule has 186 valence electrons. The van der Waals surface area contributed by atoms with E-state index in [1.54, 1.807) is 15.8 Å². The molecule has 0 unspecified atom stereocenters. The summed E-state index contributed by atoms with van der Waals surface area (Å²) >= 11 is 0. The molecule has 2 aliphatic rings. The number of piperazine rings is 1. The van der Waals surface area contributed by atoms with E-state index < -0.39 is 0 Å². The third-order valence-corrected chi connectivity index (χ3v) is 6.94. The van der Waals surface area contributed by atoms with E-state index in [4.69, 9.17) is 14.7 Å². The molecule has 0 spiro atoms. The standard InChI is InChI=1S/C24H33N9O2/c1-16-4-9-20-21(26-16)22(30-23(29-20)28-18-14-25-31(2)15-18)27-17-5-7-19(8-6-17)32-10-12-33(13-11-32)24(34)35-3/h4,9,14-15,17,19H,5-8,10-13H2,1-3H3,(H2,27,28,29,30). The number of aryl methyl sites for hydroxylation is 2. The number of carbonyl (C=O) groups excluding carboxylic acids is 1. The molecule has 5 rings (SSSR count). The molecule has 1 aliphatic carbocycles. The van der Waals surface area contributed by atoms with E-state index in [-0.39, 0.29) is 6.09 Å². The number of anilines is 3. The predicted molar refractivity (Wildman–Crippen MR) is 134 cm³/mol. The number of pyridine rings is 1. The first-order valence-corrected chi connectivity index (χ1v) is 12.2. The molecule has 2 N–H and O–H groups in total. The minimum atomic E-state index is -0.226. The highest BCUT2D eigenvalue weighted by molar-refractivity contribution is 5.86. The van der Waals surface area contributed by atoms with Gasteiger partial charge in [0.1, 0.15) is 5.52 Å². The van der Waals surface area contributed by atoms with Crippen LogP contribution < -0.4 is 10.6 Å². The molecule has 1 amide bonds. The second-order valence-corrected chi connectivity index (χ2v) is 9.39. The largest absolute Gasteiger partial charge is 0.453 e. The number of nitrogens with zero attached hydrogens (tertiary/aromatic N) is 7. The van der Waals surface area contributed by atoms with Crippen LogP contribution in [-0.4, -0.2) is 86.0 Å². The number of aromatic nitrogens is 5. The summed E-state index contributed by atoms with van der Waals surface area (Å²) in [6.45, 7) is 5.25. The van der Waals surface area contributed by atoms with E-state index in [2.05, 4.69) is 25.6 Å². The molecule has 11 heteroatoms. The van der Waals surface area contributed by atoms with Crippen molar-refractivity contribution in [3.63, 3.8) is 0 Å². The Kier molecular flexibility index (Phi) is 6.67. The van der Waals surface area contributed by atoms with E-state index in [1.165, 1.54) is 7.11 Å². The van der Waals surface area contributed by atoms with Crippen LogP contribution in [0.1, 0.15) is 31.4 Å². The highest BCUT2D eigenvalue weighted by Gasteiger charge is 2.30. The minimum absolute atomic E-state index is 0.226. The summed E-state index contributed by atoms with van der Waals surface area (Å²) in [5.41, 5.74) is 3.37. The molecule has 4 heterocycles. The first-order valence-electron chi connectivity index (χ1n) is 12.2. The summed E-state index contributed by atoms with van der Waals surface area (Å²) in [7, 11) is 3.32. The van der Waals surface area contributed by atoms with Gasteiger partial charge in [0.2, 0.25) is 5.95 Å². The number of amides is 1. The topological polar surface area (TPSA) is 113 Å². The SMILES string of the molecule is COC(=O)N1CCN(C2CCC(Nc3nc(Nc4cnn(C)c4)nc4ccc(C)nc34)CC2)CC1. The van der Waals surface area contributed by atoms with E-state index in [9.17, 15) is 4.79 Å². The van der Waals surface area contributed by atoms with Crippen LogP contribution in [0.5, 0.6) is 0 Å². The lowest BCUT2D eigenvalue weighted by molar-refractivity contribution is 0.0642. The van der Waals surface area contributed by atoms with Crippen molar-refractivity contribution < 1.29 is 9.53 Å². The third-order valence-electron chi connectivity index (χ3n) is 6.94. The van der Waals surface area contributed by atoms with Gasteiger partial charge in [-0.15, -0.1) is 0 Å². The van der Waals surface area contributed by atoms with Crippen molar-refractivity contribution in [2.75, 3.05) is 43.9 Å². The van der Waals surface area contributed by atoms with Gasteiger partial charge in [-0.2, -0.15) is 10.1 Å². The number of fused-ring (bicyclic) bond motifs is 1. The van der Waals surface area contributed by atoms with Gasteiger partial charge in [0, 0.05) is 57.2 Å². The molecule has 11 nitrogen and oxygen atoms in total. The second kappa shape index (κ2) is 10.0. The van der Waals surface area contributed by atoms with E-state index in [0.717, 1.165) is 80.1 Å². The Morgan fingerprint density at radius 3 is 2.51 bits per heavy atom. The molecule has 0 atom stereocenters. The van der Waals surface area contributed by atoms with Gasteiger partial charge in [-0.25, -0.2) is 14.8 Å². The number of nitrogens with one attached hydrogen (secondary N) is 2.